The molecule has 1 fully saturated rings. The number of amides is 1. The van der Waals surface area contributed by atoms with E-state index in [1.165, 1.54) is 17.4 Å². The molecule has 2 aromatic heterocycles. The summed E-state index contributed by atoms with van der Waals surface area (Å²) in [6.07, 6.45) is 7.25. The number of nitrogens with zero attached hydrogens (tertiary/aromatic N) is 2. The maximum atomic E-state index is 14.6. The van der Waals surface area contributed by atoms with Gasteiger partial charge in [-0.15, -0.1) is 11.3 Å². The number of aromatic nitrogens is 1. The smallest absolute Gasteiger partial charge is 0.266 e. The highest BCUT2D eigenvalue weighted by Gasteiger charge is 2.32. The number of carbonyl (C=O) groups is 1. The molecule has 38 heavy (non-hydrogen) atoms. The maximum absolute atomic E-state index is 14.6. The van der Waals surface area contributed by atoms with Crippen LogP contribution in [0.4, 0.5) is 4.39 Å². The van der Waals surface area contributed by atoms with Gasteiger partial charge >= 0.3 is 0 Å². The molecule has 4 aromatic rings. The number of hydrogen-bond donors (Lipinski definition) is 1. The molecule has 0 atom stereocenters. The number of fused-ring (bicyclic) bond motifs is 1. The molecule has 1 aliphatic carbocycles. The summed E-state index contributed by atoms with van der Waals surface area (Å²) in [6, 6.07) is 15.3. The van der Waals surface area contributed by atoms with Gasteiger partial charge in [-0.1, -0.05) is 23.7 Å². The van der Waals surface area contributed by atoms with Crippen LogP contribution >= 0.6 is 22.9 Å². The van der Waals surface area contributed by atoms with Crippen molar-refractivity contribution in [2.75, 3.05) is 13.7 Å². The summed E-state index contributed by atoms with van der Waals surface area (Å²) in [4.78, 5) is 20.6. The average Bonchev–Trinajstić information content (AvgIpc) is 3.30. The van der Waals surface area contributed by atoms with Crippen molar-refractivity contribution in [3.63, 3.8) is 0 Å². The molecular formula is C30H31ClFN3O2S. The Labute approximate surface area is 231 Å². The van der Waals surface area contributed by atoms with Crippen molar-refractivity contribution in [3.05, 3.63) is 82.2 Å². The van der Waals surface area contributed by atoms with E-state index in [4.69, 9.17) is 16.3 Å². The fourth-order valence-corrected chi connectivity index (χ4v) is 6.80. The maximum Gasteiger partial charge on any atom is 0.266 e. The highest BCUT2D eigenvalue weighted by atomic mass is 35.5. The molecule has 1 N–H and O–H groups in total. The predicted octanol–water partition coefficient (Wildman–Crippen LogP) is 7.33. The van der Waals surface area contributed by atoms with E-state index < -0.39 is 5.82 Å². The third-order valence-corrected chi connectivity index (χ3v) is 8.95. The third-order valence-electron chi connectivity index (χ3n) is 7.32. The Morgan fingerprint density at radius 2 is 1.89 bits per heavy atom. The largest absolute Gasteiger partial charge is 0.494 e. The van der Waals surface area contributed by atoms with Gasteiger partial charge in [-0.05, 0) is 87.2 Å². The number of carbonyl (C=O) groups excluding carboxylic acids is 1. The van der Waals surface area contributed by atoms with Crippen LogP contribution in [0.3, 0.4) is 0 Å². The van der Waals surface area contributed by atoms with Gasteiger partial charge in [-0.25, -0.2) is 4.39 Å². The van der Waals surface area contributed by atoms with Gasteiger partial charge in [0.05, 0.1) is 11.6 Å². The second-order valence-corrected chi connectivity index (χ2v) is 11.0. The first-order chi connectivity index (χ1) is 18.5. The van der Waals surface area contributed by atoms with Gasteiger partial charge in [-0.3, -0.25) is 9.78 Å². The number of halogens is 2. The molecule has 5 nitrogen and oxygen atoms in total. The Bertz CT molecular complexity index is 1420. The topological polar surface area (TPSA) is 54.5 Å². The van der Waals surface area contributed by atoms with Crippen LogP contribution in [0.5, 0.6) is 5.75 Å². The molecule has 198 valence electrons. The quantitative estimate of drug-likeness (QED) is 0.249. The Balaban J connectivity index is 1.55. The summed E-state index contributed by atoms with van der Waals surface area (Å²) in [5.41, 5.74) is 2.99. The van der Waals surface area contributed by atoms with Crippen LogP contribution in [0.15, 0.2) is 60.9 Å². The van der Waals surface area contributed by atoms with Gasteiger partial charge in [-0.2, -0.15) is 0 Å². The van der Waals surface area contributed by atoms with Gasteiger partial charge in [0.25, 0.3) is 5.91 Å². The Morgan fingerprint density at radius 1 is 1.13 bits per heavy atom. The molecule has 8 heteroatoms. The molecule has 0 aliphatic heterocycles. The molecule has 0 bridgehead atoms. The standard InChI is InChI=1S/C30H31ClFN3O2S/c1-3-37-25-12-7-20(19-13-15-34-16-14-19)17-21(25)18-35(23-10-8-22(33-2)9-11-23)30(36)29-28(31)27-24(32)5-4-6-26(27)38-29/h4-7,12-17,22-23,33H,3,8-11,18H2,1-2H3. The Morgan fingerprint density at radius 3 is 2.58 bits per heavy atom. The monoisotopic (exact) mass is 551 g/mol. The van der Waals surface area contributed by atoms with E-state index in [-0.39, 0.29) is 17.0 Å². The lowest BCUT2D eigenvalue weighted by atomic mass is 9.89. The first kappa shape index (κ1) is 26.6. The second-order valence-electron chi connectivity index (χ2n) is 9.58. The highest BCUT2D eigenvalue weighted by Crippen LogP contribution is 2.39. The van der Waals surface area contributed by atoms with Crippen LogP contribution in [0.1, 0.15) is 47.8 Å². The number of ether oxygens (including phenoxy) is 1. The molecular weight excluding hydrogens is 521 g/mol. The molecule has 0 unspecified atom stereocenters. The van der Waals surface area contributed by atoms with Crippen molar-refractivity contribution in [1.29, 1.82) is 0 Å². The van der Waals surface area contributed by atoms with E-state index in [1.807, 2.05) is 43.1 Å². The van der Waals surface area contributed by atoms with Gasteiger partial charge < -0.3 is 15.0 Å². The summed E-state index contributed by atoms with van der Waals surface area (Å²) < 4.78 is 21.3. The Hall–Kier alpha value is -3.00. The number of hydrogen-bond acceptors (Lipinski definition) is 5. The number of rotatable bonds is 8. The lowest BCUT2D eigenvalue weighted by Gasteiger charge is -2.37. The summed E-state index contributed by atoms with van der Waals surface area (Å²) in [7, 11) is 1.98. The van der Waals surface area contributed by atoms with Crippen LogP contribution in [0.2, 0.25) is 5.02 Å². The number of nitrogens with one attached hydrogen (secondary N) is 1. The van der Waals surface area contributed by atoms with Crippen LogP contribution in [-0.4, -0.2) is 41.5 Å². The molecule has 5 rings (SSSR count). The summed E-state index contributed by atoms with van der Waals surface area (Å²) in [6.45, 7) is 2.84. The van der Waals surface area contributed by atoms with Crippen LogP contribution in [0, 0.1) is 5.82 Å². The molecule has 0 saturated heterocycles. The van der Waals surface area contributed by atoms with E-state index in [0.29, 0.717) is 34.2 Å². The minimum absolute atomic E-state index is 0.0392. The van der Waals surface area contributed by atoms with E-state index in [9.17, 15) is 9.18 Å². The predicted molar refractivity (Wildman–Crippen MR) is 153 cm³/mol. The Kier molecular flexibility index (Phi) is 8.27. The average molecular weight is 552 g/mol. The molecule has 1 aliphatic rings. The molecule has 2 heterocycles. The lowest BCUT2D eigenvalue weighted by Crippen LogP contribution is -2.44. The molecule has 0 spiro atoms. The zero-order chi connectivity index (χ0) is 26.6. The fraction of sp³-hybridized carbons (Fsp3) is 0.333. The van der Waals surface area contributed by atoms with E-state index in [0.717, 1.165) is 48.1 Å². The number of benzene rings is 2. The fourth-order valence-electron chi connectivity index (χ4n) is 5.29. The minimum atomic E-state index is -0.410. The van der Waals surface area contributed by atoms with Crippen molar-refractivity contribution in [3.8, 4) is 16.9 Å². The summed E-state index contributed by atoms with van der Waals surface area (Å²) in [5, 5.41) is 3.88. The van der Waals surface area contributed by atoms with E-state index in [1.54, 1.807) is 24.5 Å². The van der Waals surface area contributed by atoms with E-state index >= 15 is 0 Å². The van der Waals surface area contributed by atoms with Gasteiger partial charge in [0.15, 0.2) is 0 Å². The number of pyridine rings is 1. The van der Waals surface area contributed by atoms with Crippen LogP contribution in [0.25, 0.3) is 21.2 Å². The molecule has 2 aromatic carbocycles. The zero-order valence-corrected chi connectivity index (χ0v) is 23.1. The highest BCUT2D eigenvalue weighted by molar-refractivity contribution is 7.21. The third kappa shape index (κ3) is 5.41. The summed E-state index contributed by atoms with van der Waals surface area (Å²) in [5.74, 6) is 0.174. The van der Waals surface area contributed by atoms with Gasteiger partial charge in [0.1, 0.15) is 16.4 Å². The van der Waals surface area contributed by atoms with Crippen molar-refractivity contribution in [1.82, 2.24) is 15.2 Å². The first-order valence-electron chi connectivity index (χ1n) is 13.0. The van der Waals surface area contributed by atoms with Crippen molar-refractivity contribution >= 4 is 38.9 Å². The minimum Gasteiger partial charge on any atom is -0.494 e. The van der Waals surface area contributed by atoms with Crippen molar-refractivity contribution in [2.45, 2.75) is 51.2 Å². The van der Waals surface area contributed by atoms with Crippen LogP contribution < -0.4 is 10.1 Å². The molecule has 0 radical (unpaired) electrons. The zero-order valence-electron chi connectivity index (χ0n) is 21.5. The molecule has 1 saturated carbocycles. The van der Waals surface area contributed by atoms with Crippen LogP contribution in [-0.2, 0) is 6.54 Å². The number of thiophene rings is 1. The molecule has 1 amide bonds. The normalized spacial score (nSPS) is 17.5. The van der Waals surface area contributed by atoms with E-state index in [2.05, 4.69) is 16.4 Å². The summed E-state index contributed by atoms with van der Waals surface area (Å²) >= 11 is 7.91. The second kappa shape index (κ2) is 11.8. The van der Waals surface area contributed by atoms with Crippen molar-refractivity contribution in [2.24, 2.45) is 0 Å². The van der Waals surface area contributed by atoms with Crippen molar-refractivity contribution < 1.29 is 13.9 Å². The van der Waals surface area contributed by atoms with Gasteiger partial charge in [0, 0.05) is 46.7 Å². The lowest BCUT2D eigenvalue weighted by molar-refractivity contribution is 0.0604. The van der Waals surface area contributed by atoms with Gasteiger partial charge in [0.2, 0.25) is 0 Å². The first-order valence-corrected chi connectivity index (χ1v) is 14.2. The SMILES string of the molecule is CCOc1ccc(-c2ccncc2)cc1CN(C(=O)c1sc2cccc(F)c2c1Cl)C1CCC(NC)CC1.